The van der Waals surface area contributed by atoms with E-state index in [0.717, 1.165) is 77.0 Å². The van der Waals surface area contributed by atoms with Crippen LogP contribution in [-0.2, 0) is 32.7 Å². The number of aliphatic hydroxyl groups excluding tert-OH is 7. The van der Waals surface area contributed by atoms with Crippen LogP contribution >= 0.6 is 7.82 Å². The predicted octanol–water partition coefficient (Wildman–Crippen LogP) is 6.99. The number of carbonyl (C=O) groups is 2. The Bertz CT molecular complexity index is 1540. The van der Waals surface area contributed by atoms with E-state index in [1.165, 1.54) is 0 Å². The van der Waals surface area contributed by atoms with Gasteiger partial charge in [0.25, 0.3) is 0 Å². The third kappa shape index (κ3) is 30.6. The van der Waals surface area contributed by atoms with Gasteiger partial charge in [0.15, 0.2) is 6.10 Å². The molecular weight excluding hydrogens is 859 g/mol. The largest absolute Gasteiger partial charge is 0.472 e. The van der Waals surface area contributed by atoms with Crippen LogP contribution in [0.1, 0.15) is 129 Å². The number of hydrogen-bond acceptors (Lipinski definition) is 14. The van der Waals surface area contributed by atoms with E-state index in [4.69, 9.17) is 18.5 Å². The first-order valence-corrected chi connectivity index (χ1v) is 24.8. The van der Waals surface area contributed by atoms with Gasteiger partial charge in [-0.05, 0) is 70.6 Å². The highest BCUT2D eigenvalue weighted by atomic mass is 31.2. The molecule has 0 radical (unpaired) electrons. The van der Waals surface area contributed by atoms with Gasteiger partial charge in [0.2, 0.25) is 0 Å². The van der Waals surface area contributed by atoms with Crippen molar-refractivity contribution >= 4 is 19.8 Å². The van der Waals surface area contributed by atoms with Crippen molar-refractivity contribution in [1.82, 2.24) is 0 Å². The summed E-state index contributed by atoms with van der Waals surface area (Å²) in [4.78, 5) is 35.7. The van der Waals surface area contributed by atoms with E-state index in [1.807, 2.05) is 24.3 Å². The Balaban J connectivity index is 2.60. The van der Waals surface area contributed by atoms with Crippen LogP contribution < -0.4 is 0 Å². The van der Waals surface area contributed by atoms with Gasteiger partial charge >= 0.3 is 19.8 Å². The summed E-state index contributed by atoms with van der Waals surface area (Å²) in [5.74, 6) is -1.37. The lowest BCUT2D eigenvalue weighted by atomic mass is 9.85. The van der Waals surface area contributed by atoms with E-state index >= 15 is 0 Å². The summed E-state index contributed by atoms with van der Waals surface area (Å²) < 4.78 is 33.3. The molecule has 0 bridgehead atoms. The molecule has 0 heterocycles. The fourth-order valence-electron chi connectivity index (χ4n) is 6.31. The molecule has 1 fully saturated rings. The number of esters is 2. The molecule has 16 heteroatoms. The van der Waals surface area contributed by atoms with Crippen molar-refractivity contribution < 1.29 is 73.3 Å². The summed E-state index contributed by atoms with van der Waals surface area (Å²) in [7, 11) is -5.20. The van der Waals surface area contributed by atoms with Crippen molar-refractivity contribution in [3.8, 4) is 0 Å². The zero-order valence-electron chi connectivity index (χ0n) is 38.5. The summed E-state index contributed by atoms with van der Waals surface area (Å²) in [6.07, 6.45) is 29.4. The molecule has 0 spiro atoms. The summed E-state index contributed by atoms with van der Waals surface area (Å²) in [5.41, 5.74) is 0. The standard InChI is InChI=1S/C49H79O15P/c1-3-5-7-8-9-10-11-12-13-14-15-16-17-18-22-25-29-35-42(52)61-37-41(38-62-65(59,60)64-49-47(57)45(55)44(54)46(56)48(49)58)63-43(53)36-30-34-40(51)33-28-24-21-19-20-23-27-32-39(50)31-26-6-4-2/h5,7,9-10,12-13,15-16,20-21,23-24,27-28,32-33,39-41,44-51,54-58H,3-4,6,8,11,14,17-19,22,25-26,29-31,34-38H2,1-2H3,(H,59,60)/b7-5-,10-9-,13-12-,16-15-,23-20-,24-21-,32-27+,33-28+/t39-,40-,41-,44?,45-,46+,47-,48-,49?/m1/s1. The van der Waals surface area contributed by atoms with Crippen LogP contribution in [0.25, 0.3) is 0 Å². The Morgan fingerprint density at radius 3 is 1.66 bits per heavy atom. The third-order valence-electron chi connectivity index (χ3n) is 10.1. The molecule has 65 heavy (non-hydrogen) atoms. The molecule has 0 aromatic carbocycles. The Morgan fingerprint density at radius 2 is 1.08 bits per heavy atom. The quantitative estimate of drug-likeness (QED) is 0.0104. The molecule has 0 aromatic heterocycles. The van der Waals surface area contributed by atoms with Crippen molar-refractivity contribution in [1.29, 1.82) is 0 Å². The normalized spacial score (nSPS) is 23.3. The molecule has 10 atom stereocenters. The Labute approximate surface area is 386 Å². The molecule has 8 N–H and O–H groups in total. The molecule has 370 valence electrons. The van der Waals surface area contributed by atoms with Crippen molar-refractivity contribution in [2.75, 3.05) is 13.2 Å². The third-order valence-corrected chi connectivity index (χ3v) is 11.1. The lowest BCUT2D eigenvalue weighted by molar-refractivity contribution is -0.220. The van der Waals surface area contributed by atoms with Crippen molar-refractivity contribution in [3.05, 3.63) is 97.2 Å². The maximum absolute atomic E-state index is 12.8. The minimum atomic E-state index is -5.20. The highest BCUT2D eigenvalue weighted by Crippen LogP contribution is 2.47. The van der Waals surface area contributed by atoms with Crippen LogP contribution in [0.3, 0.4) is 0 Å². The fraction of sp³-hybridized carbons (Fsp3) is 0.633. The van der Waals surface area contributed by atoms with Gasteiger partial charge in [0.05, 0.1) is 18.8 Å². The van der Waals surface area contributed by atoms with Crippen LogP contribution in [0.5, 0.6) is 0 Å². The lowest BCUT2D eigenvalue weighted by Gasteiger charge is -2.41. The molecule has 0 amide bonds. The molecule has 1 aliphatic carbocycles. The summed E-state index contributed by atoms with van der Waals surface area (Å²) in [6.45, 7) is 2.86. The number of allylic oxidation sites excluding steroid dienone is 14. The molecule has 1 rings (SSSR count). The number of aliphatic hydroxyl groups is 7. The topological polar surface area (TPSA) is 250 Å². The first-order chi connectivity index (χ1) is 31.2. The lowest BCUT2D eigenvalue weighted by Crippen LogP contribution is -2.64. The van der Waals surface area contributed by atoms with Crippen molar-refractivity contribution in [2.45, 2.75) is 184 Å². The van der Waals surface area contributed by atoms with Gasteiger partial charge in [0, 0.05) is 12.8 Å². The molecule has 1 saturated carbocycles. The molecule has 1 aliphatic rings. The number of unbranched alkanes of at least 4 members (excludes halogenated alkanes) is 6. The number of ether oxygens (including phenoxy) is 2. The maximum atomic E-state index is 12.8. The monoisotopic (exact) mass is 939 g/mol. The summed E-state index contributed by atoms with van der Waals surface area (Å²) in [5, 5.41) is 70.4. The van der Waals surface area contributed by atoms with E-state index in [2.05, 4.69) is 62.5 Å². The fourth-order valence-corrected chi connectivity index (χ4v) is 7.29. The highest BCUT2D eigenvalue weighted by molar-refractivity contribution is 7.47. The molecule has 0 saturated heterocycles. The average Bonchev–Trinajstić information content (AvgIpc) is 3.27. The molecule has 15 nitrogen and oxygen atoms in total. The Kier molecular flexibility index (Phi) is 34.7. The first kappa shape index (κ1) is 59.7. The van der Waals surface area contributed by atoms with Crippen LogP contribution in [0.2, 0.25) is 0 Å². The van der Waals surface area contributed by atoms with Gasteiger partial charge in [-0.1, -0.05) is 143 Å². The molecule has 0 aliphatic heterocycles. The number of rotatable bonds is 36. The van der Waals surface area contributed by atoms with E-state index in [9.17, 15) is 54.8 Å². The average molecular weight is 939 g/mol. The number of carbonyl (C=O) groups excluding carboxylic acids is 2. The Morgan fingerprint density at radius 1 is 0.569 bits per heavy atom. The van der Waals surface area contributed by atoms with Gasteiger partial charge in [0.1, 0.15) is 43.2 Å². The second-order valence-corrected chi connectivity index (χ2v) is 17.3. The van der Waals surface area contributed by atoms with Gasteiger partial charge in [-0.2, -0.15) is 0 Å². The zero-order chi connectivity index (χ0) is 48.1. The number of phosphoric acid groups is 1. The van der Waals surface area contributed by atoms with E-state index in [1.54, 1.807) is 24.3 Å². The van der Waals surface area contributed by atoms with Crippen LogP contribution in [0.15, 0.2) is 97.2 Å². The second-order valence-electron chi connectivity index (χ2n) is 15.9. The zero-order valence-corrected chi connectivity index (χ0v) is 39.4. The van der Waals surface area contributed by atoms with Crippen LogP contribution in [0.4, 0.5) is 0 Å². The van der Waals surface area contributed by atoms with E-state index in [0.29, 0.717) is 12.8 Å². The second kappa shape index (κ2) is 37.7. The predicted molar refractivity (Wildman–Crippen MR) is 251 cm³/mol. The minimum absolute atomic E-state index is 0.0833. The van der Waals surface area contributed by atoms with Gasteiger partial charge < -0.3 is 50.1 Å². The smallest absolute Gasteiger partial charge is 0.462 e. The van der Waals surface area contributed by atoms with Crippen LogP contribution in [0, 0.1) is 0 Å². The van der Waals surface area contributed by atoms with Crippen LogP contribution in [-0.4, -0.2) is 121 Å². The number of phosphoric ester groups is 1. The van der Waals surface area contributed by atoms with E-state index < -0.39 is 87.9 Å². The molecule has 3 unspecified atom stereocenters. The van der Waals surface area contributed by atoms with Gasteiger partial charge in [-0.3, -0.25) is 18.6 Å². The SMILES string of the molecule is CC/C=C\C/C=C\C/C=C\C/C=C\CCCCCCC(=O)OC[C@H](COP(=O)(O)OC1[C@H](O)[C@H](O)C(O)[C@H](O)[C@H]1O)OC(=O)CCC[C@H](O)/C=C/C=C\C/C=C\C=C\[C@H](O)CCCCC. The van der Waals surface area contributed by atoms with Gasteiger partial charge in [-0.15, -0.1) is 0 Å². The molecule has 0 aromatic rings. The highest BCUT2D eigenvalue weighted by Gasteiger charge is 2.51. The first-order valence-electron chi connectivity index (χ1n) is 23.3. The van der Waals surface area contributed by atoms with Crippen molar-refractivity contribution in [2.24, 2.45) is 0 Å². The summed E-state index contributed by atoms with van der Waals surface area (Å²) in [6, 6.07) is 0. The van der Waals surface area contributed by atoms with Gasteiger partial charge in [-0.25, -0.2) is 4.57 Å². The van der Waals surface area contributed by atoms with E-state index in [-0.39, 0.29) is 25.7 Å². The number of hydrogen-bond donors (Lipinski definition) is 8. The minimum Gasteiger partial charge on any atom is -0.462 e. The maximum Gasteiger partial charge on any atom is 0.472 e. The van der Waals surface area contributed by atoms with Crippen molar-refractivity contribution in [3.63, 3.8) is 0 Å². The summed E-state index contributed by atoms with van der Waals surface area (Å²) >= 11 is 0. The Hall–Kier alpha value is -3.31. The molecular formula is C49H79O15P.